The minimum Gasteiger partial charge on any atom is -0.457 e. The molecule has 150 valence electrons. The topological polar surface area (TPSA) is 60.5 Å². The van der Waals surface area contributed by atoms with Crippen LogP contribution in [0.2, 0.25) is 0 Å². The van der Waals surface area contributed by atoms with Crippen molar-refractivity contribution in [1.82, 2.24) is 4.98 Å². The number of ether oxygens (including phenoxy) is 2. The first-order valence-corrected chi connectivity index (χ1v) is 9.61. The van der Waals surface area contributed by atoms with Gasteiger partial charge in [0.25, 0.3) is 5.91 Å². The van der Waals surface area contributed by atoms with Crippen LogP contribution in [0.15, 0.2) is 60.7 Å². The van der Waals surface area contributed by atoms with Crippen LogP contribution in [0.25, 0.3) is 0 Å². The van der Waals surface area contributed by atoms with Crippen LogP contribution in [-0.2, 0) is 11.3 Å². The van der Waals surface area contributed by atoms with E-state index in [4.69, 9.17) is 9.47 Å². The molecule has 3 aromatic rings. The third-order valence-electron chi connectivity index (χ3n) is 4.54. The molecule has 2 aromatic carbocycles. The van der Waals surface area contributed by atoms with E-state index in [1.54, 1.807) is 19.2 Å². The van der Waals surface area contributed by atoms with Crippen molar-refractivity contribution in [2.45, 2.75) is 33.3 Å². The molecule has 0 aliphatic heterocycles. The Morgan fingerprint density at radius 1 is 1.07 bits per heavy atom. The quantitative estimate of drug-likeness (QED) is 0.562. The number of hydrogen-bond acceptors (Lipinski definition) is 4. The molecule has 1 amide bonds. The van der Waals surface area contributed by atoms with E-state index in [2.05, 4.69) is 30.2 Å². The van der Waals surface area contributed by atoms with Gasteiger partial charge in [0.15, 0.2) is 0 Å². The fourth-order valence-corrected chi connectivity index (χ4v) is 3.09. The number of nitrogens with zero attached hydrogens (tertiary/aromatic N) is 1. The molecule has 0 fully saturated rings. The van der Waals surface area contributed by atoms with E-state index < -0.39 is 0 Å². The standard InChI is InChI=1S/C24H26N2O3/c1-16(2)21-10-5-6-11-23(21)29-20-9-7-8-18(14-20)26-24(27)22-13-12-19(15-28-4)25-17(22)3/h5-14,16H,15H2,1-4H3,(H,26,27). The summed E-state index contributed by atoms with van der Waals surface area (Å²) in [5, 5.41) is 2.92. The van der Waals surface area contributed by atoms with Crippen molar-refractivity contribution in [1.29, 1.82) is 0 Å². The van der Waals surface area contributed by atoms with Gasteiger partial charge in [-0.2, -0.15) is 0 Å². The van der Waals surface area contributed by atoms with Gasteiger partial charge >= 0.3 is 0 Å². The summed E-state index contributed by atoms with van der Waals surface area (Å²) in [6, 6.07) is 18.9. The Bertz CT molecular complexity index is 999. The number of pyridine rings is 1. The maximum atomic E-state index is 12.7. The van der Waals surface area contributed by atoms with Gasteiger partial charge in [-0.05, 0) is 48.7 Å². The van der Waals surface area contributed by atoms with Gasteiger partial charge in [0.1, 0.15) is 11.5 Å². The SMILES string of the molecule is COCc1ccc(C(=O)Nc2cccc(Oc3ccccc3C(C)C)c2)c(C)n1. The van der Waals surface area contributed by atoms with Crippen molar-refractivity contribution in [3.8, 4) is 11.5 Å². The van der Waals surface area contributed by atoms with Gasteiger partial charge in [0.05, 0.1) is 23.6 Å². The number of benzene rings is 2. The largest absolute Gasteiger partial charge is 0.457 e. The first-order chi connectivity index (χ1) is 14.0. The molecular formula is C24H26N2O3. The lowest BCUT2D eigenvalue weighted by Gasteiger charge is -2.14. The van der Waals surface area contributed by atoms with Crippen LogP contribution in [-0.4, -0.2) is 18.0 Å². The fourth-order valence-electron chi connectivity index (χ4n) is 3.09. The van der Waals surface area contributed by atoms with Crippen molar-refractivity contribution in [3.63, 3.8) is 0 Å². The van der Waals surface area contributed by atoms with E-state index in [1.165, 1.54) is 0 Å². The zero-order valence-corrected chi connectivity index (χ0v) is 17.2. The van der Waals surface area contributed by atoms with Crippen LogP contribution in [0.1, 0.15) is 47.1 Å². The third-order valence-corrected chi connectivity index (χ3v) is 4.54. The number of anilines is 1. The van der Waals surface area contributed by atoms with Crippen molar-refractivity contribution in [2.75, 3.05) is 12.4 Å². The van der Waals surface area contributed by atoms with Crippen LogP contribution in [0.3, 0.4) is 0 Å². The molecule has 0 atom stereocenters. The van der Waals surface area contributed by atoms with Crippen molar-refractivity contribution in [3.05, 3.63) is 83.2 Å². The van der Waals surface area contributed by atoms with Crippen molar-refractivity contribution >= 4 is 11.6 Å². The fraction of sp³-hybridized carbons (Fsp3) is 0.250. The lowest BCUT2D eigenvalue weighted by molar-refractivity contribution is 0.102. The smallest absolute Gasteiger partial charge is 0.257 e. The van der Waals surface area contributed by atoms with Gasteiger partial charge in [-0.25, -0.2) is 0 Å². The van der Waals surface area contributed by atoms with Crippen LogP contribution < -0.4 is 10.1 Å². The Morgan fingerprint density at radius 3 is 2.59 bits per heavy atom. The average molecular weight is 390 g/mol. The van der Waals surface area contributed by atoms with E-state index in [9.17, 15) is 4.79 Å². The highest BCUT2D eigenvalue weighted by molar-refractivity contribution is 6.05. The van der Waals surface area contributed by atoms with E-state index in [-0.39, 0.29) is 5.91 Å². The molecule has 5 heteroatoms. The Kier molecular flexibility index (Phi) is 6.62. The average Bonchev–Trinajstić information content (AvgIpc) is 2.69. The highest BCUT2D eigenvalue weighted by Gasteiger charge is 2.12. The van der Waals surface area contributed by atoms with Gasteiger partial charge < -0.3 is 14.8 Å². The molecule has 0 saturated carbocycles. The molecule has 0 unspecified atom stereocenters. The van der Waals surface area contributed by atoms with E-state index in [1.807, 2.05) is 49.4 Å². The molecule has 0 aliphatic carbocycles. The first kappa shape index (κ1) is 20.6. The Hall–Kier alpha value is -3.18. The van der Waals surface area contributed by atoms with Crippen molar-refractivity contribution < 1.29 is 14.3 Å². The lowest BCUT2D eigenvalue weighted by atomic mass is 10.0. The molecule has 3 rings (SSSR count). The Labute approximate surface area is 171 Å². The third kappa shape index (κ3) is 5.21. The summed E-state index contributed by atoms with van der Waals surface area (Å²) in [5.41, 5.74) is 3.78. The number of amides is 1. The molecule has 0 spiro atoms. The van der Waals surface area contributed by atoms with E-state index in [0.717, 1.165) is 17.0 Å². The number of carbonyl (C=O) groups excluding carboxylic acids is 1. The summed E-state index contributed by atoms with van der Waals surface area (Å²) in [7, 11) is 1.62. The van der Waals surface area contributed by atoms with E-state index in [0.29, 0.717) is 35.2 Å². The number of methoxy groups -OCH3 is 1. The minimum atomic E-state index is -0.210. The maximum Gasteiger partial charge on any atom is 0.257 e. The van der Waals surface area contributed by atoms with Gasteiger partial charge in [-0.15, -0.1) is 0 Å². The van der Waals surface area contributed by atoms with Crippen LogP contribution in [0.4, 0.5) is 5.69 Å². The molecule has 5 nitrogen and oxygen atoms in total. The number of carbonyl (C=O) groups is 1. The number of para-hydroxylation sites is 1. The zero-order valence-electron chi connectivity index (χ0n) is 17.2. The van der Waals surface area contributed by atoms with Gasteiger partial charge in [-0.1, -0.05) is 38.1 Å². The van der Waals surface area contributed by atoms with Gasteiger partial charge in [0.2, 0.25) is 0 Å². The first-order valence-electron chi connectivity index (χ1n) is 9.61. The predicted molar refractivity (Wildman–Crippen MR) is 115 cm³/mol. The second-order valence-electron chi connectivity index (χ2n) is 7.15. The summed E-state index contributed by atoms with van der Waals surface area (Å²) in [5.74, 6) is 1.63. The van der Waals surface area contributed by atoms with Gasteiger partial charge in [-0.3, -0.25) is 9.78 Å². The minimum absolute atomic E-state index is 0.210. The van der Waals surface area contributed by atoms with Crippen LogP contribution in [0.5, 0.6) is 11.5 Å². The van der Waals surface area contributed by atoms with Crippen LogP contribution in [0, 0.1) is 6.92 Å². The highest BCUT2D eigenvalue weighted by atomic mass is 16.5. The number of nitrogens with one attached hydrogen (secondary N) is 1. The molecule has 29 heavy (non-hydrogen) atoms. The van der Waals surface area contributed by atoms with E-state index >= 15 is 0 Å². The molecule has 0 saturated heterocycles. The molecule has 0 aliphatic rings. The lowest BCUT2D eigenvalue weighted by Crippen LogP contribution is -2.14. The molecule has 1 aromatic heterocycles. The summed E-state index contributed by atoms with van der Waals surface area (Å²) >= 11 is 0. The number of rotatable bonds is 7. The Balaban J connectivity index is 1.76. The summed E-state index contributed by atoms with van der Waals surface area (Å²) in [6.45, 7) is 6.50. The number of aryl methyl sites for hydroxylation is 1. The second-order valence-corrected chi connectivity index (χ2v) is 7.15. The predicted octanol–water partition coefficient (Wildman–Crippen LogP) is 5.70. The normalized spacial score (nSPS) is 10.8. The molecule has 0 bridgehead atoms. The van der Waals surface area contributed by atoms with Gasteiger partial charge in [0, 0.05) is 18.9 Å². The number of hydrogen-bond donors (Lipinski definition) is 1. The monoisotopic (exact) mass is 390 g/mol. The van der Waals surface area contributed by atoms with Crippen molar-refractivity contribution in [2.24, 2.45) is 0 Å². The zero-order chi connectivity index (χ0) is 20.8. The number of aromatic nitrogens is 1. The second kappa shape index (κ2) is 9.34. The molecular weight excluding hydrogens is 364 g/mol. The maximum absolute atomic E-state index is 12.7. The summed E-state index contributed by atoms with van der Waals surface area (Å²) in [6.07, 6.45) is 0. The summed E-state index contributed by atoms with van der Waals surface area (Å²) < 4.78 is 11.2. The molecule has 1 N–H and O–H groups in total. The van der Waals surface area contributed by atoms with Crippen LogP contribution >= 0.6 is 0 Å². The Morgan fingerprint density at radius 2 is 1.86 bits per heavy atom. The summed E-state index contributed by atoms with van der Waals surface area (Å²) in [4.78, 5) is 17.1. The molecule has 1 heterocycles. The molecule has 0 radical (unpaired) electrons. The highest BCUT2D eigenvalue weighted by Crippen LogP contribution is 2.31.